The smallest absolute Gasteiger partial charge is 0.339 e. The Morgan fingerprint density at radius 2 is 2.47 bits per heavy atom. The molecule has 1 aromatic heterocycles. The number of nitrogens with zero attached hydrogens (tertiary/aromatic N) is 1. The van der Waals surface area contributed by atoms with Gasteiger partial charge >= 0.3 is 5.97 Å². The quantitative estimate of drug-likeness (QED) is 0.704. The van der Waals surface area contributed by atoms with Gasteiger partial charge in [0.25, 0.3) is 0 Å². The Bertz CT molecular complexity index is 388. The van der Waals surface area contributed by atoms with Crippen LogP contribution in [0, 0.1) is 0 Å². The van der Waals surface area contributed by atoms with Crippen LogP contribution in [0.5, 0.6) is 0 Å². The topological polar surface area (TPSA) is 85.4 Å². The first-order valence-corrected chi connectivity index (χ1v) is 4.30. The fraction of sp³-hybridized carbons (Fsp3) is 0.200. The van der Waals surface area contributed by atoms with Gasteiger partial charge < -0.3 is 15.6 Å². The van der Waals surface area contributed by atoms with E-state index in [1.54, 1.807) is 12.1 Å². The number of esters is 1. The van der Waals surface area contributed by atoms with Gasteiger partial charge in [0.2, 0.25) is 0 Å². The van der Waals surface area contributed by atoms with Gasteiger partial charge in [0, 0.05) is 11.8 Å². The number of nitrogen functional groups attached to an aromatic ring is 1. The Kier molecular flexibility index (Phi) is 3.82. The van der Waals surface area contributed by atoms with Gasteiger partial charge in [-0.05, 0) is 6.07 Å². The normalized spacial score (nSPS) is 10.5. The highest BCUT2D eigenvalue weighted by molar-refractivity contribution is 5.90. The Morgan fingerprint density at radius 3 is 3.07 bits per heavy atom. The van der Waals surface area contributed by atoms with E-state index < -0.39 is 5.97 Å². The third-order valence-corrected chi connectivity index (χ3v) is 1.77. The van der Waals surface area contributed by atoms with Crippen LogP contribution in [0.3, 0.4) is 0 Å². The number of aromatic nitrogens is 1. The maximum Gasteiger partial charge on any atom is 0.339 e. The van der Waals surface area contributed by atoms with E-state index in [1.165, 1.54) is 19.4 Å². The van der Waals surface area contributed by atoms with Crippen molar-refractivity contribution in [1.29, 1.82) is 0 Å². The lowest BCUT2D eigenvalue weighted by Gasteiger charge is -2.02. The molecule has 0 aromatic carbocycles. The lowest BCUT2D eigenvalue weighted by molar-refractivity contribution is 0.0600. The first-order chi connectivity index (χ1) is 7.19. The highest BCUT2D eigenvalue weighted by Gasteiger charge is 2.07. The molecule has 1 aromatic rings. The molecule has 15 heavy (non-hydrogen) atoms. The van der Waals surface area contributed by atoms with E-state index in [0.29, 0.717) is 16.9 Å². The van der Waals surface area contributed by atoms with Crippen LogP contribution in [0.2, 0.25) is 0 Å². The van der Waals surface area contributed by atoms with Crippen molar-refractivity contribution >= 4 is 17.9 Å². The van der Waals surface area contributed by atoms with Crippen LogP contribution < -0.4 is 5.73 Å². The molecule has 0 amide bonds. The number of ether oxygens (including phenoxy) is 1. The fourth-order valence-electron chi connectivity index (χ4n) is 1.04. The number of hydrogen-bond acceptors (Lipinski definition) is 5. The standard InChI is InChI=1S/C10H12N2O3/c1-15-10(14)8-5-7(3-2-4-13)9(11)12-6-8/h2-3,5-6,13H,4H2,1H3,(H2,11,12). The van der Waals surface area contributed by atoms with E-state index in [0.717, 1.165) is 0 Å². The van der Waals surface area contributed by atoms with Crippen LogP contribution in [0.25, 0.3) is 6.08 Å². The lowest BCUT2D eigenvalue weighted by atomic mass is 10.2. The minimum atomic E-state index is -0.471. The van der Waals surface area contributed by atoms with Crippen molar-refractivity contribution in [3.8, 4) is 0 Å². The van der Waals surface area contributed by atoms with Gasteiger partial charge in [-0.25, -0.2) is 9.78 Å². The second-order valence-electron chi connectivity index (χ2n) is 2.77. The molecular formula is C10H12N2O3. The molecule has 1 rings (SSSR count). The number of nitrogens with two attached hydrogens (primary N) is 1. The van der Waals surface area contributed by atoms with Crippen molar-refractivity contribution in [2.24, 2.45) is 0 Å². The minimum absolute atomic E-state index is 0.0953. The van der Waals surface area contributed by atoms with Crippen molar-refractivity contribution < 1.29 is 14.6 Å². The molecule has 5 nitrogen and oxygen atoms in total. The average molecular weight is 208 g/mol. The van der Waals surface area contributed by atoms with Gasteiger partial charge in [0.1, 0.15) is 5.82 Å². The van der Waals surface area contributed by atoms with Crippen LogP contribution in [0.1, 0.15) is 15.9 Å². The summed E-state index contributed by atoms with van der Waals surface area (Å²) in [5.41, 5.74) is 6.48. The summed E-state index contributed by atoms with van der Waals surface area (Å²) in [6.45, 7) is -0.0953. The Balaban J connectivity index is 3.05. The SMILES string of the molecule is COC(=O)c1cnc(N)c(C=CCO)c1. The van der Waals surface area contributed by atoms with Gasteiger partial charge in [-0.15, -0.1) is 0 Å². The summed E-state index contributed by atoms with van der Waals surface area (Å²) in [6.07, 6.45) is 4.45. The molecule has 5 heteroatoms. The molecule has 0 unspecified atom stereocenters. The molecule has 0 aliphatic heterocycles. The molecule has 0 saturated heterocycles. The molecule has 0 spiro atoms. The maximum atomic E-state index is 11.2. The first kappa shape index (κ1) is 11.2. The molecule has 0 saturated carbocycles. The number of carbonyl (C=O) groups is 1. The number of aliphatic hydroxyl groups is 1. The number of rotatable bonds is 3. The molecule has 0 aliphatic rings. The van der Waals surface area contributed by atoms with Crippen molar-refractivity contribution in [1.82, 2.24) is 4.98 Å². The number of pyridine rings is 1. The largest absolute Gasteiger partial charge is 0.465 e. The van der Waals surface area contributed by atoms with E-state index in [-0.39, 0.29) is 6.61 Å². The highest BCUT2D eigenvalue weighted by atomic mass is 16.5. The van der Waals surface area contributed by atoms with Crippen LogP contribution in [-0.2, 0) is 4.74 Å². The second-order valence-corrected chi connectivity index (χ2v) is 2.77. The van der Waals surface area contributed by atoms with Crippen molar-refractivity contribution in [3.63, 3.8) is 0 Å². The van der Waals surface area contributed by atoms with E-state index >= 15 is 0 Å². The zero-order valence-electron chi connectivity index (χ0n) is 8.30. The van der Waals surface area contributed by atoms with Crippen LogP contribution in [-0.4, -0.2) is 29.8 Å². The van der Waals surface area contributed by atoms with Gasteiger partial charge in [-0.3, -0.25) is 0 Å². The molecule has 0 aliphatic carbocycles. The molecule has 0 bridgehead atoms. The number of anilines is 1. The Morgan fingerprint density at radius 1 is 1.73 bits per heavy atom. The van der Waals surface area contributed by atoms with Gasteiger partial charge in [-0.2, -0.15) is 0 Å². The van der Waals surface area contributed by atoms with Crippen LogP contribution in [0.4, 0.5) is 5.82 Å². The number of hydrogen-bond donors (Lipinski definition) is 2. The second kappa shape index (κ2) is 5.11. The van der Waals surface area contributed by atoms with E-state index in [9.17, 15) is 4.79 Å². The summed E-state index contributed by atoms with van der Waals surface area (Å²) in [7, 11) is 1.29. The van der Waals surface area contributed by atoms with Gasteiger partial charge in [-0.1, -0.05) is 12.2 Å². The molecule has 80 valence electrons. The first-order valence-electron chi connectivity index (χ1n) is 4.30. The van der Waals surface area contributed by atoms with E-state index in [1.807, 2.05) is 0 Å². The summed E-state index contributed by atoms with van der Waals surface area (Å²) >= 11 is 0. The number of aliphatic hydroxyl groups excluding tert-OH is 1. The molecular weight excluding hydrogens is 196 g/mol. The predicted octanol–water partition coefficient (Wildman–Crippen LogP) is 0.456. The fourth-order valence-corrected chi connectivity index (χ4v) is 1.04. The summed E-state index contributed by atoms with van der Waals surface area (Å²) in [4.78, 5) is 15.0. The lowest BCUT2D eigenvalue weighted by Crippen LogP contribution is -2.04. The van der Waals surface area contributed by atoms with Crippen molar-refractivity contribution in [2.75, 3.05) is 19.5 Å². The van der Waals surface area contributed by atoms with E-state index in [2.05, 4.69) is 9.72 Å². The Labute approximate surface area is 87.2 Å². The van der Waals surface area contributed by atoms with Crippen molar-refractivity contribution in [2.45, 2.75) is 0 Å². The monoisotopic (exact) mass is 208 g/mol. The van der Waals surface area contributed by atoms with E-state index in [4.69, 9.17) is 10.8 Å². The Hall–Kier alpha value is -1.88. The third-order valence-electron chi connectivity index (χ3n) is 1.77. The molecule has 0 fully saturated rings. The summed E-state index contributed by atoms with van der Waals surface area (Å²) < 4.78 is 4.54. The average Bonchev–Trinajstić information content (AvgIpc) is 2.27. The summed E-state index contributed by atoms with van der Waals surface area (Å²) in [6, 6.07) is 1.56. The summed E-state index contributed by atoms with van der Waals surface area (Å²) in [5, 5.41) is 8.60. The predicted molar refractivity (Wildman–Crippen MR) is 56.1 cm³/mol. The van der Waals surface area contributed by atoms with Crippen LogP contribution in [0.15, 0.2) is 18.3 Å². The van der Waals surface area contributed by atoms with Gasteiger partial charge in [0.05, 0.1) is 19.3 Å². The zero-order chi connectivity index (χ0) is 11.3. The van der Waals surface area contributed by atoms with Crippen molar-refractivity contribution in [3.05, 3.63) is 29.5 Å². The maximum absolute atomic E-state index is 11.2. The zero-order valence-corrected chi connectivity index (χ0v) is 8.30. The third kappa shape index (κ3) is 2.78. The minimum Gasteiger partial charge on any atom is -0.465 e. The molecule has 3 N–H and O–H groups in total. The highest BCUT2D eigenvalue weighted by Crippen LogP contribution is 2.13. The molecule has 1 heterocycles. The number of carbonyl (C=O) groups excluding carboxylic acids is 1. The number of methoxy groups -OCH3 is 1. The molecule has 0 atom stereocenters. The molecule has 0 radical (unpaired) electrons. The van der Waals surface area contributed by atoms with Gasteiger partial charge in [0.15, 0.2) is 0 Å². The van der Waals surface area contributed by atoms with Crippen LogP contribution >= 0.6 is 0 Å². The summed E-state index contributed by atoms with van der Waals surface area (Å²) in [5.74, 6) is -0.173.